The van der Waals surface area contributed by atoms with E-state index < -0.39 is 0 Å². The van der Waals surface area contributed by atoms with Gasteiger partial charge in [0.05, 0.1) is 7.11 Å². The van der Waals surface area contributed by atoms with Gasteiger partial charge in [0.25, 0.3) is 0 Å². The zero-order valence-corrected chi connectivity index (χ0v) is 9.41. The average molecular weight is 207 g/mol. The number of nitrogens with one attached hydrogen (secondary N) is 1. The first-order valence-corrected chi connectivity index (χ1v) is 4.97. The Morgan fingerprint density at radius 1 is 1.40 bits per heavy atom. The summed E-state index contributed by atoms with van der Waals surface area (Å²) < 4.78 is 10.1. The van der Waals surface area contributed by atoms with E-state index in [4.69, 9.17) is 14.9 Å². The molecule has 0 atom stereocenters. The van der Waals surface area contributed by atoms with Gasteiger partial charge in [-0.05, 0) is 23.6 Å². The molecule has 3 nitrogen and oxygen atoms in total. The smallest absolute Gasteiger partial charge is 0.219 e. The standard InChI is InChI=1S/C12H17NO2/c1-9(2)10-5-4-6-11(7-10)15-8-12(13)14-3/h4-7,9,13H,8H2,1-3H3. The molecular formula is C12H17NO2. The van der Waals surface area contributed by atoms with Crippen LogP contribution in [0.1, 0.15) is 25.3 Å². The van der Waals surface area contributed by atoms with Gasteiger partial charge in [0.2, 0.25) is 5.90 Å². The number of ether oxygens (including phenoxy) is 2. The zero-order chi connectivity index (χ0) is 11.3. The molecule has 0 aliphatic heterocycles. The van der Waals surface area contributed by atoms with Crippen LogP contribution in [0.15, 0.2) is 24.3 Å². The molecule has 0 aliphatic carbocycles. The van der Waals surface area contributed by atoms with Gasteiger partial charge in [-0.3, -0.25) is 5.41 Å². The summed E-state index contributed by atoms with van der Waals surface area (Å²) >= 11 is 0. The van der Waals surface area contributed by atoms with Gasteiger partial charge in [0.15, 0.2) is 6.61 Å². The lowest BCUT2D eigenvalue weighted by atomic mass is 10.0. The normalized spacial score (nSPS) is 10.1. The molecule has 0 saturated heterocycles. The predicted octanol–water partition coefficient (Wildman–Crippen LogP) is 2.81. The fourth-order valence-corrected chi connectivity index (χ4v) is 1.17. The maximum absolute atomic E-state index is 7.28. The lowest BCUT2D eigenvalue weighted by molar-refractivity contribution is 0.309. The lowest BCUT2D eigenvalue weighted by Gasteiger charge is -2.09. The Hall–Kier alpha value is -1.51. The van der Waals surface area contributed by atoms with E-state index in [0.29, 0.717) is 5.92 Å². The van der Waals surface area contributed by atoms with Crippen LogP contribution >= 0.6 is 0 Å². The third-order valence-electron chi connectivity index (χ3n) is 2.14. The van der Waals surface area contributed by atoms with Gasteiger partial charge in [0, 0.05) is 0 Å². The molecule has 0 saturated carbocycles. The summed E-state index contributed by atoms with van der Waals surface area (Å²) in [6.45, 7) is 4.45. The second-order valence-electron chi connectivity index (χ2n) is 3.64. The number of hydrogen-bond donors (Lipinski definition) is 1. The molecule has 0 spiro atoms. The summed E-state index contributed by atoms with van der Waals surface area (Å²) in [6.07, 6.45) is 0. The van der Waals surface area contributed by atoms with Crippen molar-refractivity contribution in [3.8, 4) is 5.75 Å². The zero-order valence-electron chi connectivity index (χ0n) is 9.41. The van der Waals surface area contributed by atoms with Crippen LogP contribution in [0.3, 0.4) is 0 Å². The molecule has 0 radical (unpaired) electrons. The Bertz CT molecular complexity index is 334. The van der Waals surface area contributed by atoms with Gasteiger partial charge in [-0.15, -0.1) is 0 Å². The van der Waals surface area contributed by atoms with E-state index in [2.05, 4.69) is 19.9 Å². The van der Waals surface area contributed by atoms with Crippen molar-refractivity contribution in [2.75, 3.05) is 13.7 Å². The summed E-state index contributed by atoms with van der Waals surface area (Å²) in [4.78, 5) is 0. The molecule has 1 aromatic rings. The second kappa shape index (κ2) is 5.39. The lowest BCUT2D eigenvalue weighted by Crippen LogP contribution is -2.11. The quantitative estimate of drug-likeness (QED) is 0.609. The number of hydrogen-bond acceptors (Lipinski definition) is 3. The van der Waals surface area contributed by atoms with Crippen molar-refractivity contribution < 1.29 is 9.47 Å². The first-order valence-electron chi connectivity index (χ1n) is 4.97. The van der Waals surface area contributed by atoms with Crippen LogP contribution in [-0.2, 0) is 4.74 Å². The van der Waals surface area contributed by atoms with Crippen LogP contribution in [-0.4, -0.2) is 19.6 Å². The van der Waals surface area contributed by atoms with Crippen LogP contribution in [0, 0.1) is 5.41 Å². The molecule has 0 aromatic heterocycles. The topological polar surface area (TPSA) is 42.3 Å². The average Bonchev–Trinajstić information content (AvgIpc) is 2.26. The molecule has 1 N–H and O–H groups in total. The van der Waals surface area contributed by atoms with E-state index in [-0.39, 0.29) is 12.5 Å². The third kappa shape index (κ3) is 3.62. The number of benzene rings is 1. The Balaban J connectivity index is 2.61. The predicted molar refractivity (Wildman–Crippen MR) is 60.8 cm³/mol. The largest absolute Gasteiger partial charge is 0.484 e. The van der Waals surface area contributed by atoms with E-state index in [1.54, 1.807) is 0 Å². The highest BCUT2D eigenvalue weighted by molar-refractivity contribution is 5.73. The summed E-state index contributed by atoms with van der Waals surface area (Å²) in [6, 6.07) is 7.91. The molecule has 0 aliphatic rings. The highest BCUT2D eigenvalue weighted by Crippen LogP contribution is 2.19. The molecule has 82 valence electrons. The van der Waals surface area contributed by atoms with Crippen molar-refractivity contribution >= 4 is 5.90 Å². The van der Waals surface area contributed by atoms with Crippen molar-refractivity contribution in [3.63, 3.8) is 0 Å². The summed E-state index contributed by atoms with van der Waals surface area (Å²) in [5, 5.41) is 7.28. The number of rotatable bonds is 4. The van der Waals surface area contributed by atoms with Crippen LogP contribution < -0.4 is 4.74 Å². The van der Waals surface area contributed by atoms with E-state index in [1.165, 1.54) is 12.7 Å². The van der Waals surface area contributed by atoms with Gasteiger partial charge in [-0.1, -0.05) is 26.0 Å². The summed E-state index contributed by atoms with van der Waals surface area (Å²) in [5.74, 6) is 1.39. The third-order valence-corrected chi connectivity index (χ3v) is 2.14. The molecule has 0 unspecified atom stereocenters. The van der Waals surface area contributed by atoms with Gasteiger partial charge < -0.3 is 9.47 Å². The van der Waals surface area contributed by atoms with Crippen molar-refractivity contribution in [1.82, 2.24) is 0 Å². The first-order chi connectivity index (χ1) is 7.13. The Labute approximate surface area is 90.5 Å². The van der Waals surface area contributed by atoms with Gasteiger partial charge in [-0.2, -0.15) is 0 Å². The monoisotopic (exact) mass is 207 g/mol. The maximum Gasteiger partial charge on any atom is 0.219 e. The van der Waals surface area contributed by atoms with Crippen LogP contribution in [0.25, 0.3) is 0 Å². The molecule has 3 heteroatoms. The van der Waals surface area contributed by atoms with E-state index in [9.17, 15) is 0 Å². The highest BCUT2D eigenvalue weighted by atomic mass is 16.5. The van der Waals surface area contributed by atoms with Crippen molar-refractivity contribution in [2.24, 2.45) is 0 Å². The van der Waals surface area contributed by atoms with Crippen molar-refractivity contribution in [3.05, 3.63) is 29.8 Å². The summed E-state index contributed by atoms with van der Waals surface area (Å²) in [5.41, 5.74) is 1.23. The van der Waals surface area contributed by atoms with Crippen LogP contribution in [0.2, 0.25) is 0 Å². The van der Waals surface area contributed by atoms with Crippen molar-refractivity contribution in [2.45, 2.75) is 19.8 Å². The van der Waals surface area contributed by atoms with Gasteiger partial charge in [0.1, 0.15) is 5.75 Å². The molecule has 0 heterocycles. The van der Waals surface area contributed by atoms with Gasteiger partial charge >= 0.3 is 0 Å². The fourth-order valence-electron chi connectivity index (χ4n) is 1.17. The minimum absolute atomic E-state index is 0.130. The molecule has 0 amide bonds. The summed E-state index contributed by atoms with van der Waals surface area (Å²) in [7, 11) is 1.47. The van der Waals surface area contributed by atoms with Gasteiger partial charge in [-0.25, -0.2) is 0 Å². The van der Waals surface area contributed by atoms with E-state index >= 15 is 0 Å². The molecule has 0 bridgehead atoms. The van der Waals surface area contributed by atoms with Crippen LogP contribution in [0.5, 0.6) is 5.75 Å². The first kappa shape index (κ1) is 11.6. The molecular weight excluding hydrogens is 190 g/mol. The van der Waals surface area contributed by atoms with Crippen LogP contribution in [0.4, 0.5) is 0 Å². The number of methoxy groups -OCH3 is 1. The minimum Gasteiger partial charge on any atom is -0.484 e. The van der Waals surface area contributed by atoms with E-state index in [1.807, 2.05) is 18.2 Å². The SMILES string of the molecule is COC(=N)COc1cccc(C(C)C)c1. The Morgan fingerprint density at radius 2 is 2.13 bits per heavy atom. The Kier molecular flexibility index (Phi) is 4.16. The molecule has 0 fully saturated rings. The Morgan fingerprint density at radius 3 is 2.73 bits per heavy atom. The fraction of sp³-hybridized carbons (Fsp3) is 0.417. The van der Waals surface area contributed by atoms with Crippen molar-refractivity contribution in [1.29, 1.82) is 5.41 Å². The highest BCUT2D eigenvalue weighted by Gasteiger charge is 2.02. The molecule has 15 heavy (non-hydrogen) atoms. The molecule has 1 aromatic carbocycles. The second-order valence-corrected chi connectivity index (χ2v) is 3.64. The van der Waals surface area contributed by atoms with E-state index in [0.717, 1.165) is 5.75 Å². The molecule has 1 rings (SSSR count). The maximum atomic E-state index is 7.28. The minimum atomic E-state index is 0.130.